The Kier molecular flexibility index (Phi) is 3.42. The number of halogens is 3. The Morgan fingerprint density at radius 2 is 2.22 bits per heavy atom. The number of hydrogen-bond acceptors (Lipinski definition) is 3. The molecule has 0 saturated carbocycles. The van der Waals surface area contributed by atoms with Crippen LogP contribution in [0.3, 0.4) is 0 Å². The Morgan fingerprint density at radius 3 is 2.94 bits per heavy atom. The average molecular weight is 260 g/mol. The van der Waals surface area contributed by atoms with E-state index in [0.717, 1.165) is 24.2 Å². The lowest BCUT2D eigenvalue weighted by Crippen LogP contribution is -2.29. The first-order valence-corrected chi connectivity index (χ1v) is 5.31. The van der Waals surface area contributed by atoms with Crippen LogP contribution in [0, 0.1) is 0 Å². The number of amides is 1. The molecule has 1 heterocycles. The minimum atomic E-state index is -4.47. The molecule has 2 N–H and O–H groups in total. The standard InChI is InChI=1S/C11H11F3N2O2/c12-11(13,14)6-18-16-10(17)8-2-1-7-3-4-15-9(7)5-8/h1-2,5,15H,3-4,6H2,(H,16,17). The van der Waals surface area contributed by atoms with Gasteiger partial charge in [-0.3, -0.25) is 9.63 Å². The number of nitrogens with one attached hydrogen (secondary N) is 2. The van der Waals surface area contributed by atoms with Crippen LogP contribution in [0.1, 0.15) is 15.9 Å². The van der Waals surface area contributed by atoms with Crippen LogP contribution in [0.4, 0.5) is 18.9 Å². The predicted octanol–water partition coefficient (Wildman–Crippen LogP) is 1.88. The molecule has 2 rings (SSSR count). The highest BCUT2D eigenvalue weighted by molar-refractivity contribution is 5.94. The van der Waals surface area contributed by atoms with E-state index in [1.807, 2.05) is 0 Å². The third kappa shape index (κ3) is 3.13. The van der Waals surface area contributed by atoms with Gasteiger partial charge in [-0.15, -0.1) is 0 Å². The molecule has 7 heteroatoms. The number of alkyl halides is 3. The number of carbonyl (C=O) groups excluding carboxylic acids is 1. The van der Waals surface area contributed by atoms with E-state index < -0.39 is 18.7 Å². The van der Waals surface area contributed by atoms with Gasteiger partial charge in [0, 0.05) is 17.8 Å². The minimum Gasteiger partial charge on any atom is -0.384 e. The monoisotopic (exact) mass is 260 g/mol. The molecular weight excluding hydrogens is 249 g/mol. The van der Waals surface area contributed by atoms with Crippen LogP contribution < -0.4 is 10.8 Å². The summed E-state index contributed by atoms with van der Waals surface area (Å²) < 4.78 is 35.4. The molecule has 0 spiro atoms. The normalized spacial score (nSPS) is 13.9. The molecule has 1 amide bonds. The van der Waals surface area contributed by atoms with Gasteiger partial charge in [-0.05, 0) is 24.1 Å². The van der Waals surface area contributed by atoms with Crippen LogP contribution in [-0.2, 0) is 11.3 Å². The number of carbonyl (C=O) groups is 1. The molecule has 1 aromatic rings. The average Bonchev–Trinajstić information content (AvgIpc) is 2.73. The summed E-state index contributed by atoms with van der Waals surface area (Å²) in [5.74, 6) is -0.698. The summed E-state index contributed by atoms with van der Waals surface area (Å²) in [5.41, 5.74) is 3.93. The zero-order valence-corrected chi connectivity index (χ0v) is 9.30. The Morgan fingerprint density at radius 1 is 1.44 bits per heavy atom. The first-order chi connectivity index (χ1) is 8.46. The maximum Gasteiger partial charge on any atom is 0.414 e. The molecule has 0 bridgehead atoms. The highest BCUT2D eigenvalue weighted by Crippen LogP contribution is 2.23. The lowest BCUT2D eigenvalue weighted by atomic mass is 10.1. The number of fused-ring (bicyclic) bond motifs is 1. The molecule has 98 valence electrons. The van der Waals surface area contributed by atoms with Crippen LogP contribution in [0.15, 0.2) is 18.2 Å². The Hall–Kier alpha value is -1.76. The van der Waals surface area contributed by atoms with Crippen molar-refractivity contribution in [2.75, 3.05) is 18.5 Å². The molecule has 0 aliphatic carbocycles. The van der Waals surface area contributed by atoms with Gasteiger partial charge >= 0.3 is 6.18 Å². The summed E-state index contributed by atoms with van der Waals surface area (Å²) in [6, 6.07) is 4.92. The third-order valence-corrected chi connectivity index (χ3v) is 2.48. The van der Waals surface area contributed by atoms with E-state index in [-0.39, 0.29) is 5.56 Å². The molecule has 0 saturated heterocycles. The zero-order valence-electron chi connectivity index (χ0n) is 9.30. The van der Waals surface area contributed by atoms with E-state index >= 15 is 0 Å². The molecule has 4 nitrogen and oxygen atoms in total. The summed E-state index contributed by atoms with van der Waals surface area (Å²) in [5, 5.41) is 3.07. The number of hydrogen-bond donors (Lipinski definition) is 2. The SMILES string of the molecule is O=C(NOCC(F)(F)F)c1ccc2c(c1)NCC2. The maximum atomic E-state index is 11.8. The highest BCUT2D eigenvalue weighted by atomic mass is 19.4. The first-order valence-electron chi connectivity index (χ1n) is 5.31. The van der Waals surface area contributed by atoms with E-state index in [1.54, 1.807) is 23.7 Å². The topological polar surface area (TPSA) is 50.4 Å². The van der Waals surface area contributed by atoms with Gasteiger partial charge in [0.2, 0.25) is 0 Å². The minimum absolute atomic E-state index is 0.255. The summed E-state index contributed by atoms with van der Waals surface area (Å²) in [6.07, 6.45) is -3.59. The number of hydroxylamine groups is 1. The molecule has 1 aliphatic heterocycles. The number of benzene rings is 1. The van der Waals surface area contributed by atoms with Crippen LogP contribution in [0.25, 0.3) is 0 Å². The zero-order chi connectivity index (χ0) is 13.2. The summed E-state index contributed by atoms with van der Waals surface area (Å²) in [7, 11) is 0. The fourth-order valence-corrected chi connectivity index (χ4v) is 1.67. The predicted molar refractivity (Wildman–Crippen MR) is 58.1 cm³/mol. The lowest BCUT2D eigenvalue weighted by Gasteiger charge is -2.09. The fraction of sp³-hybridized carbons (Fsp3) is 0.364. The van der Waals surface area contributed by atoms with Crippen molar-refractivity contribution < 1.29 is 22.8 Å². The molecule has 18 heavy (non-hydrogen) atoms. The molecule has 0 unspecified atom stereocenters. The number of rotatable bonds is 3. The molecule has 1 aromatic carbocycles. The van der Waals surface area contributed by atoms with Gasteiger partial charge in [0.15, 0.2) is 6.61 Å². The smallest absolute Gasteiger partial charge is 0.384 e. The van der Waals surface area contributed by atoms with Gasteiger partial charge in [0.05, 0.1) is 0 Å². The van der Waals surface area contributed by atoms with E-state index in [1.165, 1.54) is 0 Å². The third-order valence-electron chi connectivity index (χ3n) is 2.48. The molecular formula is C11H11F3N2O2. The first kappa shape index (κ1) is 12.7. The van der Waals surface area contributed by atoms with Crippen molar-refractivity contribution in [2.45, 2.75) is 12.6 Å². The van der Waals surface area contributed by atoms with Gasteiger partial charge in [-0.2, -0.15) is 13.2 Å². The maximum absolute atomic E-state index is 11.8. The summed E-state index contributed by atoms with van der Waals surface area (Å²) in [6.45, 7) is -0.715. The van der Waals surface area contributed by atoms with Crippen LogP contribution >= 0.6 is 0 Å². The molecule has 1 aliphatic rings. The van der Waals surface area contributed by atoms with E-state index in [4.69, 9.17) is 0 Å². The molecule has 0 radical (unpaired) electrons. The van der Waals surface area contributed by atoms with Crippen LogP contribution in [0.5, 0.6) is 0 Å². The highest BCUT2D eigenvalue weighted by Gasteiger charge is 2.28. The van der Waals surface area contributed by atoms with Crippen LogP contribution in [0.2, 0.25) is 0 Å². The fourth-order valence-electron chi connectivity index (χ4n) is 1.67. The van der Waals surface area contributed by atoms with Crippen molar-refractivity contribution in [3.05, 3.63) is 29.3 Å². The second-order valence-corrected chi connectivity index (χ2v) is 3.88. The molecule has 0 atom stereocenters. The van der Waals surface area contributed by atoms with Crippen molar-refractivity contribution in [1.29, 1.82) is 0 Å². The van der Waals surface area contributed by atoms with Crippen molar-refractivity contribution in [2.24, 2.45) is 0 Å². The molecule has 0 aromatic heterocycles. The van der Waals surface area contributed by atoms with E-state index in [2.05, 4.69) is 10.2 Å². The van der Waals surface area contributed by atoms with Crippen molar-refractivity contribution in [1.82, 2.24) is 5.48 Å². The van der Waals surface area contributed by atoms with Gasteiger partial charge in [0.25, 0.3) is 5.91 Å². The van der Waals surface area contributed by atoms with Crippen LogP contribution in [-0.4, -0.2) is 25.2 Å². The number of anilines is 1. The Balaban J connectivity index is 1.93. The largest absolute Gasteiger partial charge is 0.414 e. The van der Waals surface area contributed by atoms with Gasteiger partial charge in [0.1, 0.15) is 0 Å². The van der Waals surface area contributed by atoms with E-state index in [9.17, 15) is 18.0 Å². The van der Waals surface area contributed by atoms with Crippen molar-refractivity contribution in [3.8, 4) is 0 Å². The van der Waals surface area contributed by atoms with Crippen molar-refractivity contribution in [3.63, 3.8) is 0 Å². The van der Waals surface area contributed by atoms with Crippen molar-refractivity contribution >= 4 is 11.6 Å². The summed E-state index contributed by atoms with van der Waals surface area (Å²) in [4.78, 5) is 15.6. The van der Waals surface area contributed by atoms with Gasteiger partial charge in [-0.1, -0.05) is 6.07 Å². The van der Waals surface area contributed by atoms with E-state index in [0.29, 0.717) is 0 Å². The Bertz CT molecular complexity index is 460. The van der Waals surface area contributed by atoms with Gasteiger partial charge in [-0.25, -0.2) is 5.48 Å². The van der Waals surface area contributed by atoms with Gasteiger partial charge < -0.3 is 5.32 Å². The summed E-state index contributed by atoms with van der Waals surface area (Å²) >= 11 is 0. The second-order valence-electron chi connectivity index (χ2n) is 3.88. The Labute approximate surface area is 101 Å². The quantitative estimate of drug-likeness (QED) is 0.816. The second kappa shape index (κ2) is 4.85. The lowest BCUT2D eigenvalue weighted by molar-refractivity contribution is -0.184. The molecule has 0 fully saturated rings.